The molecule has 1 aromatic rings. The van der Waals surface area contributed by atoms with Gasteiger partial charge in [0.15, 0.2) is 0 Å². The fraction of sp³-hybridized carbons (Fsp3) is 0.682. The Labute approximate surface area is 147 Å². The SMILES string of the molecule is CC(=O)OC(C)(C)c1ccc2c(c1)CC[C@H]1C(C)(C)CCC[C@]21C. The summed E-state index contributed by atoms with van der Waals surface area (Å²) in [5.74, 6) is 0.539. The van der Waals surface area contributed by atoms with Gasteiger partial charge in [0.1, 0.15) is 5.60 Å². The van der Waals surface area contributed by atoms with Crippen LogP contribution in [0.25, 0.3) is 0 Å². The topological polar surface area (TPSA) is 26.3 Å². The average molecular weight is 328 g/mol. The Morgan fingerprint density at radius 1 is 1.21 bits per heavy atom. The molecule has 0 aliphatic heterocycles. The zero-order chi connectivity index (χ0) is 17.8. The largest absolute Gasteiger partial charge is 0.455 e. The lowest BCUT2D eigenvalue weighted by molar-refractivity contribution is -0.154. The number of esters is 1. The van der Waals surface area contributed by atoms with Crippen molar-refractivity contribution in [2.24, 2.45) is 11.3 Å². The molecule has 0 heterocycles. The number of fused-ring (bicyclic) bond motifs is 3. The number of hydrogen-bond acceptors (Lipinski definition) is 2. The molecule has 0 aromatic heterocycles. The molecule has 2 heteroatoms. The van der Waals surface area contributed by atoms with E-state index in [-0.39, 0.29) is 5.97 Å². The van der Waals surface area contributed by atoms with Crippen LogP contribution in [0.4, 0.5) is 0 Å². The fourth-order valence-corrected chi connectivity index (χ4v) is 5.60. The summed E-state index contributed by atoms with van der Waals surface area (Å²) in [5, 5.41) is 0. The number of hydrogen-bond donors (Lipinski definition) is 0. The second-order valence-electron chi connectivity index (χ2n) is 9.33. The Hall–Kier alpha value is -1.31. The van der Waals surface area contributed by atoms with E-state index in [1.165, 1.54) is 43.7 Å². The van der Waals surface area contributed by atoms with E-state index in [9.17, 15) is 4.79 Å². The number of carbonyl (C=O) groups is 1. The maximum absolute atomic E-state index is 11.4. The minimum absolute atomic E-state index is 0.223. The van der Waals surface area contributed by atoms with E-state index in [0.29, 0.717) is 10.8 Å². The molecule has 0 amide bonds. The van der Waals surface area contributed by atoms with Crippen molar-refractivity contribution in [2.75, 3.05) is 0 Å². The molecular formula is C22H32O2. The van der Waals surface area contributed by atoms with Gasteiger partial charge in [-0.15, -0.1) is 0 Å². The van der Waals surface area contributed by atoms with Crippen molar-refractivity contribution in [3.63, 3.8) is 0 Å². The van der Waals surface area contributed by atoms with Gasteiger partial charge in [0.05, 0.1) is 0 Å². The summed E-state index contributed by atoms with van der Waals surface area (Å²) in [6.07, 6.45) is 6.37. The molecule has 2 nitrogen and oxygen atoms in total. The van der Waals surface area contributed by atoms with Crippen LogP contribution in [-0.4, -0.2) is 5.97 Å². The third kappa shape index (κ3) is 2.78. The molecule has 2 aliphatic carbocycles. The van der Waals surface area contributed by atoms with Crippen molar-refractivity contribution in [2.45, 2.75) is 84.7 Å². The minimum atomic E-state index is -0.565. The monoisotopic (exact) mass is 328 g/mol. The Kier molecular flexibility index (Phi) is 4.09. The first-order valence-corrected chi connectivity index (χ1v) is 9.40. The summed E-state index contributed by atoms with van der Waals surface area (Å²) in [7, 11) is 0. The van der Waals surface area contributed by atoms with E-state index in [2.05, 4.69) is 39.0 Å². The van der Waals surface area contributed by atoms with Gasteiger partial charge < -0.3 is 4.74 Å². The molecular weight excluding hydrogens is 296 g/mol. The predicted octanol–water partition coefficient (Wildman–Crippen LogP) is 5.52. The van der Waals surface area contributed by atoms with Crippen molar-refractivity contribution < 1.29 is 9.53 Å². The fourth-order valence-electron chi connectivity index (χ4n) is 5.60. The van der Waals surface area contributed by atoms with Gasteiger partial charge in [-0.25, -0.2) is 0 Å². The van der Waals surface area contributed by atoms with Gasteiger partial charge in [0, 0.05) is 6.92 Å². The van der Waals surface area contributed by atoms with Crippen molar-refractivity contribution in [3.8, 4) is 0 Å². The molecule has 1 aromatic carbocycles. The number of rotatable bonds is 2. The summed E-state index contributed by atoms with van der Waals surface area (Å²) in [6, 6.07) is 6.79. The van der Waals surface area contributed by atoms with Crippen molar-refractivity contribution >= 4 is 5.97 Å². The first kappa shape index (κ1) is 17.5. The van der Waals surface area contributed by atoms with Crippen LogP contribution in [0.1, 0.15) is 83.9 Å². The predicted molar refractivity (Wildman–Crippen MR) is 98.0 cm³/mol. The second kappa shape index (κ2) is 5.61. The van der Waals surface area contributed by atoms with E-state index < -0.39 is 5.60 Å². The van der Waals surface area contributed by atoms with E-state index in [1.807, 2.05) is 13.8 Å². The smallest absolute Gasteiger partial charge is 0.303 e. The normalized spacial score (nSPS) is 28.7. The Balaban J connectivity index is 2.00. The van der Waals surface area contributed by atoms with Crippen LogP contribution in [0, 0.1) is 11.3 Å². The molecule has 3 rings (SSSR count). The van der Waals surface area contributed by atoms with E-state index in [1.54, 1.807) is 0 Å². The summed E-state index contributed by atoms with van der Waals surface area (Å²) in [5.41, 5.74) is 4.26. The highest BCUT2D eigenvalue weighted by Gasteiger charge is 2.49. The van der Waals surface area contributed by atoms with Crippen LogP contribution in [0.3, 0.4) is 0 Å². The molecule has 0 bridgehead atoms. The van der Waals surface area contributed by atoms with Crippen LogP contribution in [0.15, 0.2) is 18.2 Å². The maximum atomic E-state index is 11.4. The lowest BCUT2D eigenvalue weighted by Gasteiger charge is -2.54. The van der Waals surface area contributed by atoms with Gasteiger partial charge in [-0.05, 0) is 73.0 Å². The molecule has 24 heavy (non-hydrogen) atoms. The highest BCUT2D eigenvalue weighted by atomic mass is 16.6. The van der Waals surface area contributed by atoms with Crippen LogP contribution in [0.5, 0.6) is 0 Å². The molecule has 0 N–H and O–H groups in total. The lowest BCUT2D eigenvalue weighted by atomic mass is 9.50. The minimum Gasteiger partial charge on any atom is -0.455 e. The highest BCUT2D eigenvalue weighted by Crippen LogP contribution is 2.57. The molecule has 0 radical (unpaired) electrons. The van der Waals surface area contributed by atoms with Gasteiger partial charge in [-0.1, -0.05) is 45.4 Å². The standard InChI is InChI=1S/C22H32O2/c1-15(23)24-21(4,5)17-9-10-18-16(14-17)8-11-19-20(2,3)12-7-13-22(18,19)6/h9-10,14,19H,7-8,11-13H2,1-6H3/t19-,22+/m0/s1. The molecule has 0 saturated heterocycles. The molecule has 1 fully saturated rings. The van der Waals surface area contributed by atoms with Crippen molar-refractivity contribution in [1.29, 1.82) is 0 Å². The lowest BCUT2D eigenvalue weighted by Crippen LogP contribution is -2.48. The van der Waals surface area contributed by atoms with Crippen molar-refractivity contribution in [3.05, 3.63) is 34.9 Å². The third-order valence-electron chi connectivity index (χ3n) is 6.75. The molecule has 1 saturated carbocycles. The first-order valence-electron chi connectivity index (χ1n) is 9.40. The van der Waals surface area contributed by atoms with E-state index >= 15 is 0 Å². The number of benzene rings is 1. The summed E-state index contributed by atoms with van der Waals surface area (Å²) < 4.78 is 5.54. The number of ether oxygens (including phenoxy) is 1. The zero-order valence-corrected chi connectivity index (χ0v) is 16.2. The first-order chi connectivity index (χ1) is 11.1. The Bertz CT molecular complexity index is 656. The Morgan fingerprint density at radius 3 is 2.58 bits per heavy atom. The quantitative estimate of drug-likeness (QED) is 0.669. The van der Waals surface area contributed by atoms with E-state index in [4.69, 9.17) is 4.74 Å². The van der Waals surface area contributed by atoms with Gasteiger partial charge in [-0.3, -0.25) is 4.79 Å². The van der Waals surface area contributed by atoms with Gasteiger partial charge in [-0.2, -0.15) is 0 Å². The van der Waals surface area contributed by atoms with Crippen LogP contribution < -0.4 is 0 Å². The average Bonchev–Trinajstić information content (AvgIpc) is 2.44. The van der Waals surface area contributed by atoms with Crippen LogP contribution >= 0.6 is 0 Å². The summed E-state index contributed by atoms with van der Waals surface area (Å²) >= 11 is 0. The molecule has 2 atom stereocenters. The molecule has 0 unspecified atom stereocenters. The zero-order valence-electron chi connectivity index (χ0n) is 16.2. The number of carbonyl (C=O) groups excluding carboxylic acids is 1. The second-order valence-corrected chi connectivity index (χ2v) is 9.33. The summed E-state index contributed by atoms with van der Waals surface area (Å²) in [4.78, 5) is 11.4. The maximum Gasteiger partial charge on any atom is 0.303 e. The molecule has 0 spiro atoms. The highest BCUT2D eigenvalue weighted by molar-refractivity contribution is 5.66. The Morgan fingerprint density at radius 2 is 1.92 bits per heavy atom. The number of aryl methyl sites for hydroxylation is 1. The molecule has 132 valence electrons. The van der Waals surface area contributed by atoms with Gasteiger partial charge in [0.2, 0.25) is 0 Å². The molecule has 2 aliphatic rings. The van der Waals surface area contributed by atoms with Crippen LogP contribution in [-0.2, 0) is 27.0 Å². The van der Waals surface area contributed by atoms with E-state index in [0.717, 1.165) is 17.9 Å². The van der Waals surface area contributed by atoms with Gasteiger partial charge in [0.25, 0.3) is 0 Å². The van der Waals surface area contributed by atoms with Gasteiger partial charge >= 0.3 is 5.97 Å². The van der Waals surface area contributed by atoms with Crippen LogP contribution in [0.2, 0.25) is 0 Å². The van der Waals surface area contributed by atoms with Crippen molar-refractivity contribution in [1.82, 2.24) is 0 Å². The summed E-state index contributed by atoms with van der Waals surface area (Å²) in [6.45, 7) is 12.8. The third-order valence-corrected chi connectivity index (χ3v) is 6.75.